The molecule has 0 aromatic heterocycles. The predicted molar refractivity (Wildman–Crippen MR) is 67.4 cm³/mol. The fourth-order valence-electron chi connectivity index (χ4n) is 2.21. The molecule has 0 N–H and O–H groups in total. The van der Waals surface area contributed by atoms with Crippen molar-refractivity contribution >= 4 is 35.2 Å². The van der Waals surface area contributed by atoms with E-state index in [2.05, 4.69) is 43.4 Å². The van der Waals surface area contributed by atoms with Crippen molar-refractivity contribution < 1.29 is 0 Å². The van der Waals surface area contributed by atoms with Crippen LogP contribution in [0, 0.1) is 5.41 Å². The largest absolute Gasteiger partial charge is 0.172 e. The van der Waals surface area contributed by atoms with Gasteiger partial charge in [-0.2, -0.15) is 12.6 Å². The minimum absolute atomic E-state index is 0.254. The Morgan fingerprint density at radius 2 is 2.00 bits per heavy atom. The first-order valence-corrected chi connectivity index (χ1v) is 6.48. The third-order valence-electron chi connectivity index (χ3n) is 3.40. The highest BCUT2D eigenvalue weighted by Crippen LogP contribution is 2.50. The number of halogens is 1. The third-order valence-corrected chi connectivity index (χ3v) is 7.25. The molecule has 0 spiro atoms. The molecule has 0 aliphatic heterocycles. The van der Waals surface area contributed by atoms with Gasteiger partial charge in [0.2, 0.25) is 0 Å². The Hall–Kier alpha value is 1.08. The molecule has 0 aromatic rings. The lowest BCUT2D eigenvalue weighted by atomic mass is 9.69. The number of rotatable bonds is 1. The van der Waals surface area contributed by atoms with Gasteiger partial charge in [0.15, 0.2) is 0 Å². The first kappa shape index (κ1) is 11.2. The van der Waals surface area contributed by atoms with Gasteiger partial charge in [0.25, 0.3) is 0 Å². The minimum atomic E-state index is 0.254. The van der Waals surface area contributed by atoms with Crippen molar-refractivity contribution in [1.82, 2.24) is 0 Å². The van der Waals surface area contributed by atoms with E-state index in [1.54, 1.807) is 0 Å². The van der Waals surface area contributed by atoms with Gasteiger partial charge in [-0.15, -0.1) is 0 Å². The summed E-state index contributed by atoms with van der Waals surface area (Å²) in [6, 6.07) is 0. The molecule has 3 atom stereocenters. The van der Waals surface area contributed by atoms with Crippen molar-refractivity contribution in [2.24, 2.45) is 5.41 Å². The van der Waals surface area contributed by atoms with Crippen LogP contribution in [-0.4, -0.2) is 8.67 Å². The summed E-state index contributed by atoms with van der Waals surface area (Å²) in [6.07, 6.45) is 5.30. The molecule has 0 radical (unpaired) electrons. The van der Waals surface area contributed by atoms with Gasteiger partial charge in [-0.3, -0.25) is 0 Å². The Labute approximate surface area is 95.4 Å². The fourth-order valence-corrected chi connectivity index (χ4v) is 3.74. The van der Waals surface area contributed by atoms with Crippen LogP contribution in [0.1, 0.15) is 46.5 Å². The Bertz CT molecular complexity index is 167. The molecule has 1 fully saturated rings. The SMILES string of the molecule is CCC1(C)CCCC(C)(S)C1I. The van der Waals surface area contributed by atoms with Gasteiger partial charge in [-0.05, 0) is 31.6 Å². The number of hydrogen-bond donors (Lipinski definition) is 1. The van der Waals surface area contributed by atoms with E-state index in [-0.39, 0.29) is 4.75 Å². The molecule has 0 amide bonds. The molecule has 0 aromatic carbocycles. The normalized spacial score (nSPS) is 49.2. The average Bonchev–Trinajstić information content (AvgIpc) is 2.00. The van der Waals surface area contributed by atoms with Crippen LogP contribution in [0.4, 0.5) is 0 Å². The van der Waals surface area contributed by atoms with Crippen LogP contribution in [0.15, 0.2) is 0 Å². The molecular formula is C10H19IS. The summed E-state index contributed by atoms with van der Waals surface area (Å²) in [5.41, 5.74) is 0.523. The van der Waals surface area contributed by atoms with Crippen molar-refractivity contribution in [2.45, 2.75) is 55.1 Å². The maximum atomic E-state index is 4.77. The zero-order chi connectivity index (χ0) is 9.41. The third kappa shape index (κ3) is 1.94. The fraction of sp³-hybridized carbons (Fsp3) is 1.00. The number of hydrogen-bond acceptors (Lipinski definition) is 1. The van der Waals surface area contributed by atoms with E-state index >= 15 is 0 Å². The van der Waals surface area contributed by atoms with Gasteiger partial charge < -0.3 is 0 Å². The molecular weight excluding hydrogens is 279 g/mol. The second kappa shape index (κ2) is 3.68. The highest BCUT2D eigenvalue weighted by atomic mass is 127. The molecule has 1 aliphatic rings. The lowest BCUT2D eigenvalue weighted by Gasteiger charge is -2.47. The van der Waals surface area contributed by atoms with Gasteiger partial charge in [-0.25, -0.2) is 0 Å². The summed E-state index contributed by atoms with van der Waals surface area (Å²) >= 11 is 7.37. The zero-order valence-electron chi connectivity index (χ0n) is 8.23. The summed E-state index contributed by atoms with van der Waals surface area (Å²) in [6.45, 7) is 7.01. The molecule has 1 aliphatic carbocycles. The maximum absolute atomic E-state index is 4.77. The van der Waals surface area contributed by atoms with E-state index < -0.39 is 0 Å². The van der Waals surface area contributed by atoms with Crippen molar-refractivity contribution in [1.29, 1.82) is 0 Å². The van der Waals surface area contributed by atoms with Crippen molar-refractivity contribution in [2.75, 3.05) is 0 Å². The Morgan fingerprint density at radius 3 is 2.42 bits per heavy atom. The van der Waals surface area contributed by atoms with Crippen molar-refractivity contribution in [3.63, 3.8) is 0 Å². The average molecular weight is 298 g/mol. The molecule has 0 heterocycles. The van der Waals surface area contributed by atoms with Gasteiger partial charge in [-0.1, -0.05) is 42.9 Å². The summed E-state index contributed by atoms with van der Waals surface area (Å²) in [7, 11) is 0. The highest BCUT2D eigenvalue weighted by Gasteiger charge is 2.44. The molecule has 1 rings (SSSR count). The van der Waals surface area contributed by atoms with Gasteiger partial charge in [0.1, 0.15) is 0 Å². The first-order chi connectivity index (χ1) is 5.42. The molecule has 0 nitrogen and oxygen atoms in total. The number of thiol groups is 1. The van der Waals surface area contributed by atoms with Crippen LogP contribution in [-0.2, 0) is 0 Å². The van der Waals surface area contributed by atoms with Crippen molar-refractivity contribution in [3.05, 3.63) is 0 Å². The summed E-state index contributed by atoms with van der Waals surface area (Å²) in [5.74, 6) is 0. The Kier molecular flexibility index (Phi) is 3.42. The van der Waals surface area contributed by atoms with Crippen LogP contribution < -0.4 is 0 Å². The molecule has 2 heteroatoms. The molecule has 0 saturated heterocycles. The lowest BCUT2D eigenvalue weighted by Crippen LogP contribution is -2.45. The number of alkyl halides is 1. The molecule has 3 unspecified atom stereocenters. The lowest BCUT2D eigenvalue weighted by molar-refractivity contribution is 0.201. The van der Waals surface area contributed by atoms with E-state index in [1.807, 2.05) is 0 Å². The topological polar surface area (TPSA) is 0 Å². The molecule has 12 heavy (non-hydrogen) atoms. The van der Waals surface area contributed by atoms with Crippen LogP contribution in [0.25, 0.3) is 0 Å². The van der Waals surface area contributed by atoms with E-state index in [0.717, 1.165) is 0 Å². The second-order valence-corrected chi connectivity index (χ2v) is 6.85. The molecule has 1 saturated carbocycles. The van der Waals surface area contributed by atoms with Crippen LogP contribution in [0.2, 0.25) is 0 Å². The van der Waals surface area contributed by atoms with E-state index in [9.17, 15) is 0 Å². The quantitative estimate of drug-likeness (QED) is 0.421. The van der Waals surface area contributed by atoms with Crippen molar-refractivity contribution in [3.8, 4) is 0 Å². The Morgan fingerprint density at radius 1 is 1.42 bits per heavy atom. The standard InChI is InChI=1S/C10H19IS/c1-4-9(2)6-5-7-10(3,12)8(9)11/h8,12H,4-7H2,1-3H3. The van der Waals surface area contributed by atoms with Gasteiger partial charge >= 0.3 is 0 Å². The van der Waals surface area contributed by atoms with Gasteiger partial charge in [0, 0.05) is 8.67 Å². The summed E-state index contributed by atoms with van der Waals surface area (Å²) in [4.78, 5) is 0. The summed E-state index contributed by atoms with van der Waals surface area (Å²) in [5, 5.41) is 0. The monoisotopic (exact) mass is 298 g/mol. The minimum Gasteiger partial charge on any atom is -0.172 e. The maximum Gasteiger partial charge on any atom is 0.0305 e. The van der Waals surface area contributed by atoms with E-state index in [4.69, 9.17) is 12.6 Å². The summed E-state index contributed by atoms with van der Waals surface area (Å²) < 4.78 is 0.966. The van der Waals surface area contributed by atoms with Crippen LogP contribution >= 0.6 is 35.2 Å². The van der Waals surface area contributed by atoms with E-state index in [0.29, 0.717) is 9.34 Å². The zero-order valence-corrected chi connectivity index (χ0v) is 11.3. The first-order valence-electron chi connectivity index (χ1n) is 4.79. The van der Waals surface area contributed by atoms with Crippen LogP contribution in [0.5, 0.6) is 0 Å². The van der Waals surface area contributed by atoms with Crippen LogP contribution in [0.3, 0.4) is 0 Å². The molecule has 0 bridgehead atoms. The molecule has 72 valence electrons. The Balaban J connectivity index is 2.79. The van der Waals surface area contributed by atoms with E-state index in [1.165, 1.54) is 25.7 Å². The highest BCUT2D eigenvalue weighted by molar-refractivity contribution is 14.1. The second-order valence-electron chi connectivity index (χ2n) is 4.58. The van der Waals surface area contributed by atoms with Gasteiger partial charge in [0.05, 0.1) is 0 Å². The predicted octanol–water partition coefficient (Wildman–Crippen LogP) is 4.08. The smallest absolute Gasteiger partial charge is 0.0305 e.